The maximum atomic E-state index is 12.6. The Bertz CT molecular complexity index is 1100. The van der Waals surface area contributed by atoms with Gasteiger partial charge in [0.15, 0.2) is 5.13 Å². The van der Waals surface area contributed by atoms with E-state index in [1.54, 1.807) is 43.8 Å². The number of urea groups is 1. The van der Waals surface area contributed by atoms with Crippen LogP contribution in [0.25, 0.3) is 11.3 Å². The highest BCUT2D eigenvalue weighted by molar-refractivity contribution is 7.14. The fraction of sp³-hybridized carbons (Fsp3) is 0.190. The number of anilines is 1. The molecule has 3 aromatic rings. The lowest BCUT2D eigenvalue weighted by atomic mass is 10.1. The van der Waals surface area contributed by atoms with Crippen molar-refractivity contribution in [1.29, 1.82) is 0 Å². The smallest absolute Gasteiger partial charge is 0.325 e. The van der Waals surface area contributed by atoms with Gasteiger partial charge in [-0.25, -0.2) is 9.78 Å². The van der Waals surface area contributed by atoms with Crippen molar-refractivity contribution in [3.63, 3.8) is 0 Å². The van der Waals surface area contributed by atoms with E-state index >= 15 is 0 Å². The Morgan fingerprint density at radius 2 is 1.94 bits per heavy atom. The van der Waals surface area contributed by atoms with Gasteiger partial charge in [-0.15, -0.1) is 11.3 Å². The Labute approximate surface area is 182 Å². The van der Waals surface area contributed by atoms with Crippen LogP contribution < -0.4 is 15.4 Å². The highest BCUT2D eigenvalue weighted by Crippen LogP contribution is 2.24. The third-order valence-electron chi connectivity index (χ3n) is 4.72. The number of amides is 4. The number of pyridine rings is 1. The van der Waals surface area contributed by atoms with Crippen LogP contribution in [0.3, 0.4) is 0 Å². The number of hydrogen-bond acceptors (Lipinski definition) is 7. The molecule has 0 unspecified atom stereocenters. The second kappa shape index (κ2) is 8.92. The summed E-state index contributed by atoms with van der Waals surface area (Å²) >= 11 is 1.28. The molecular weight excluding hydrogens is 418 g/mol. The fourth-order valence-corrected chi connectivity index (χ4v) is 3.86. The number of nitrogens with zero attached hydrogens (tertiary/aromatic N) is 3. The van der Waals surface area contributed by atoms with E-state index in [1.807, 2.05) is 17.5 Å². The van der Waals surface area contributed by atoms with E-state index in [0.717, 1.165) is 21.7 Å². The van der Waals surface area contributed by atoms with Crippen molar-refractivity contribution in [2.24, 2.45) is 0 Å². The summed E-state index contributed by atoms with van der Waals surface area (Å²) in [5.74, 6) is -0.155. The number of aromatic nitrogens is 2. The number of ether oxygens (including phenoxy) is 1. The molecule has 1 atom stereocenters. The average molecular weight is 437 g/mol. The van der Waals surface area contributed by atoms with E-state index < -0.39 is 23.9 Å². The molecule has 1 aliphatic heterocycles. The van der Waals surface area contributed by atoms with Crippen molar-refractivity contribution in [2.45, 2.75) is 19.0 Å². The Hall–Kier alpha value is -3.79. The Kier molecular flexibility index (Phi) is 5.89. The molecule has 158 valence electrons. The summed E-state index contributed by atoms with van der Waals surface area (Å²) in [6.45, 7) is 0.120. The summed E-state index contributed by atoms with van der Waals surface area (Å²) in [7, 11) is 1.56. The van der Waals surface area contributed by atoms with Crippen LogP contribution in [-0.2, 0) is 16.1 Å². The number of rotatable bonds is 7. The van der Waals surface area contributed by atoms with Crippen molar-refractivity contribution < 1.29 is 19.1 Å². The molecule has 1 fully saturated rings. The Balaban J connectivity index is 1.35. The predicted molar refractivity (Wildman–Crippen MR) is 114 cm³/mol. The molecule has 4 amide bonds. The average Bonchev–Trinajstić information content (AvgIpc) is 3.35. The monoisotopic (exact) mass is 437 g/mol. The number of carbonyl (C=O) groups excluding carboxylic acids is 3. The van der Waals surface area contributed by atoms with E-state index in [9.17, 15) is 14.4 Å². The third-order valence-corrected chi connectivity index (χ3v) is 5.48. The van der Waals surface area contributed by atoms with Gasteiger partial charge in [-0.1, -0.05) is 12.1 Å². The first-order valence-electron chi connectivity index (χ1n) is 9.44. The van der Waals surface area contributed by atoms with Crippen LogP contribution in [0.15, 0.2) is 54.2 Å². The minimum absolute atomic E-state index is 0.120. The van der Waals surface area contributed by atoms with Gasteiger partial charge in [-0.05, 0) is 29.8 Å². The van der Waals surface area contributed by atoms with Crippen molar-refractivity contribution >= 4 is 34.3 Å². The molecule has 2 N–H and O–H groups in total. The van der Waals surface area contributed by atoms with E-state index in [-0.39, 0.29) is 13.0 Å². The van der Waals surface area contributed by atoms with Gasteiger partial charge in [0.25, 0.3) is 5.91 Å². The molecule has 2 aromatic heterocycles. The SMILES string of the molecule is COc1ccc(CN2C(=O)N[C@@H](CC(=O)Nc3nc(-c4ccncc4)cs3)C2=O)cc1. The predicted octanol–water partition coefficient (Wildman–Crippen LogP) is 2.66. The maximum absolute atomic E-state index is 12.6. The lowest BCUT2D eigenvalue weighted by Gasteiger charge is -2.13. The summed E-state index contributed by atoms with van der Waals surface area (Å²) in [5, 5.41) is 7.50. The Morgan fingerprint density at radius 1 is 1.19 bits per heavy atom. The summed E-state index contributed by atoms with van der Waals surface area (Å²) < 4.78 is 5.11. The van der Waals surface area contributed by atoms with Gasteiger partial charge in [0, 0.05) is 23.3 Å². The van der Waals surface area contributed by atoms with E-state index in [0.29, 0.717) is 10.9 Å². The van der Waals surface area contributed by atoms with E-state index in [1.165, 1.54) is 11.3 Å². The van der Waals surface area contributed by atoms with Crippen LogP contribution in [0.1, 0.15) is 12.0 Å². The van der Waals surface area contributed by atoms with Crippen molar-refractivity contribution in [1.82, 2.24) is 20.2 Å². The molecule has 31 heavy (non-hydrogen) atoms. The van der Waals surface area contributed by atoms with Crippen LogP contribution >= 0.6 is 11.3 Å². The molecule has 0 radical (unpaired) electrons. The number of imide groups is 1. The second-order valence-electron chi connectivity index (χ2n) is 6.80. The molecular formula is C21H19N5O4S. The summed E-state index contributed by atoms with van der Waals surface area (Å²) in [5.41, 5.74) is 2.39. The van der Waals surface area contributed by atoms with Gasteiger partial charge in [0.05, 0.1) is 25.8 Å². The highest BCUT2D eigenvalue weighted by Gasteiger charge is 2.39. The molecule has 10 heteroatoms. The van der Waals surface area contributed by atoms with Crippen LogP contribution in [0.4, 0.5) is 9.93 Å². The number of thiazole rings is 1. The third kappa shape index (κ3) is 4.69. The fourth-order valence-electron chi connectivity index (χ4n) is 3.12. The number of hydrogen-bond donors (Lipinski definition) is 2. The number of carbonyl (C=O) groups is 3. The first kappa shape index (κ1) is 20.5. The quantitative estimate of drug-likeness (QED) is 0.550. The lowest BCUT2D eigenvalue weighted by molar-refractivity contribution is -0.130. The molecule has 1 aromatic carbocycles. The van der Waals surface area contributed by atoms with Crippen LogP contribution in [-0.4, -0.2) is 45.9 Å². The molecule has 1 saturated heterocycles. The molecule has 4 rings (SSSR count). The van der Waals surface area contributed by atoms with Crippen molar-refractivity contribution in [2.75, 3.05) is 12.4 Å². The lowest BCUT2D eigenvalue weighted by Crippen LogP contribution is -2.34. The zero-order valence-electron chi connectivity index (χ0n) is 16.6. The minimum Gasteiger partial charge on any atom is -0.497 e. The molecule has 0 bridgehead atoms. The van der Waals surface area contributed by atoms with Gasteiger partial charge in [-0.3, -0.25) is 19.5 Å². The van der Waals surface area contributed by atoms with Gasteiger partial charge >= 0.3 is 6.03 Å². The van der Waals surface area contributed by atoms with Gasteiger partial charge in [-0.2, -0.15) is 0 Å². The molecule has 0 spiro atoms. The van der Waals surface area contributed by atoms with Gasteiger partial charge in [0.2, 0.25) is 5.91 Å². The second-order valence-corrected chi connectivity index (χ2v) is 7.66. The molecule has 3 heterocycles. The molecule has 9 nitrogen and oxygen atoms in total. The summed E-state index contributed by atoms with van der Waals surface area (Å²) in [4.78, 5) is 46.7. The molecule has 1 aliphatic rings. The number of benzene rings is 1. The standard InChI is InChI=1S/C21H19N5O4S/c1-30-15-4-2-13(3-5-15)11-26-19(28)16(24-21(26)29)10-18(27)25-20-23-17(12-31-20)14-6-8-22-9-7-14/h2-9,12,16H,10-11H2,1H3,(H,24,29)(H,23,25,27)/t16-/m0/s1. The Morgan fingerprint density at radius 3 is 2.65 bits per heavy atom. The zero-order valence-corrected chi connectivity index (χ0v) is 17.4. The topological polar surface area (TPSA) is 114 Å². The zero-order chi connectivity index (χ0) is 21.8. The first-order valence-corrected chi connectivity index (χ1v) is 10.3. The van der Waals surface area contributed by atoms with E-state index in [4.69, 9.17) is 4.74 Å². The van der Waals surface area contributed by atoms with Gasteiger partial charge < -0.3 is 15.4 Å². The van der Waals surface area contributed by atoms with Crippen molar-refractivity contribution in [3.8, 4) is 17.0 Å². The van der Waals surface area contributed by atoms with Crippen molar-refractivity contribution in [3.05, 3.63) is 59.7 Å². The van der Waals surface area contributed by atoms with Crippen LogP contribution in [0.2, 0.25) is 0 Å². The normalized spacial score (nSPS) is 15.6. The largest absolute Gasteiger partial charge is 0.497 e. The molecule has 0 aliphatic carbocycles. The minimum atomic E-state index is -0.912. The first-order chi connectivity index (χ1) is 15.0. The van der Waals surface area contributed by atoms with Crippen LogP contribution in [0.5, 0.6) is 5.75 Å². The number of nitrogens with one attached hydrogen (secondary N) is 2. The number of methoxy groups -OCH3 is 1. The highest BCUT2D eigenvalue weighted by atomic mass is 32.1. The van der Waals surface area contributed by atoms with Gasteiger partial charge in [0.1, 0.15) is 11.8 Å². The maximum Gasteiger partial charge on any atom is 0.325 e. The van der Waals surface area contributed by atoms with Crippen LogP contribution in [0, 0.1) is 0 Å². The summed E-state index contributed by atoms with van der Waals surface area (Å²) in [6.07, 6.45) is 3.16. The molecule has 0 saturated carbocycles. The summed E-state index contributed by atoms with van der Waals surface area (Å²) in [6, 6.07) is 9.29. The van der Waals surface area contributed by atoms with E-state index in [2.05, 4.69) is 20.6 Å².